The van der Waals surface area contributed by atoms with Gasteiger partial charge in [0.15, 0.2) is 0 Å². The third-order valence-electron chi connectivity index (χ3n) is 2.37. The molecule has 0 unspecified atom stereocenters. The summed E-state index contributed by atoms with van der Waals surface area (Å²) in [4.78, 5) is 6.90. The number of nitrogens with zero attached hydrogens (tertiary/aromatic N) is 2. The maximum absolute atomic E-state index is 5.50. The Morgan fingerprint density at radius 3 is 2.67 bits per heavy atom. The highest BCUT2D eigenvalue weighted by Gasteiger charge is 2.11. The first-order valence-corrected chi connectivity index (χ1v) is 5.27. The van der Waals surface area contributed by atoms with E-state index in [0.717, 1.165) is 37.7 Å². The molecule has 2 heterocycles. The quantitative estimate of drug-likeness (QED) is 0.742. The highest BCUT2D eigenvalue weighted by molar-refractivity contribution is 7.80. The van der Waals surface area contributed by atoms with Crippen LogP contribution in [-0.2, 0) is 4.74 Å². The standard InChI is InChI=1S/C10H13N3OS/c11-10(15)8-1-2-9(12-7-8)13-3-5-14-6-4-13/h1-2,7H,3-6H2,(H2,11,15). The van der Waals surface area contributed by atoms with Crippen molar-refractivity contribution in [2.75, 3.05) is 31.2 Å². The fraction of sp³-hybridized carbons (Fsp3) is 0.400. The number of thiocarbonyl (C=S) groups is 1. The number of morpholine rings is 1. The number of nitrogens with two attached hydrogens (primary N) is 1. The van der Waals surface area contributed by atoms with Crippen molar-refractivity contribution in [1.82, 2.24) is 4.98 Å². The van der Waals surface area contributed by atoms with Crippen LogP contribution in [0.1, 0.15) is 5.56 Å². The zero-order valence-corrected chi connectivity index (χ0v) is 9.17. The van der Waals surface area contributed by atoms with Crippen LogP contribution >= 0.6 is 12.2 Å². The van der Waals surface area contributed by atoms with Crippen molar-refractivity contribution in [1.29, 1.82) is 0 Å². The van der Waals surface area contributed by atoms with Crippen molar-refractivity contribution in [2.45, 2.75) is 0 Å². The summed E-state index contributed by atoms with van der Waals surface area (Å²) in [6.45, 7) is 3.30. The van der Waals surface area contributed by atoms with Crippen LogP contribution in [0, 0.1) is 0 Å². The van der Waals surface area contributed by atoms with E-state index in [1.807, 2.05) is 12.1 Å². The lowest BCUT2D eigenvalue weighted by Gasteiger charge is -2.27. The summed E-state index contributed by atoms with van der Waals surface area (Å²) in [5, 5.41) is 0. The van der Waals surface area contributed by atoms with Gasteiger partial charge in [-0.2, -0.15) is 0 Å². The lowest BCUT2D eigenvalue weighted by Crippen LogP contribution is -2.36. The van der Waals surface area contributed by atoms with E-state index in [0.29, 0.717) is 4.99 Å². The zero-order valence-electron chi connectivity index (χ0n) is 8.35. The number of pyridine rings is 1. The summed E-state index contributed by atoms with van der Waals surface area (Å²) in [6, 6.07) is 3.85. The monoisotopic (exact) mass is 223 g/mol. The van der Waals surface area contributed by atoms with Gasteiger partial charge >= 0.3 is 0 Å². The summed E-state index contributed by atoms with van der Waals surface area (Å²) >= 11 is 4.87. The number of hydrogen-bond acceptors (Lipinski definition) is 4. The molecule has 1 aliphatic heterocycles. The van der Waals surface area contributed by atoms with E-state index in [-0.39, 0.29) is 0 Å². The van der Waals surface area contributed by atoms with Gasteiger partial charge in [-0.25, -0.2) is 4.98 Å². The van der Waals surface area contributed by atoms with E-state index < -0.39 is 0 Å². The molecule has 0 radical (unpaired) electrons. The first-order chi connectivity index (χ1) is 7.27. The molecule has 0 atom stereocenters. The van der Waals surface area contributed by atoms with Crippen molar-refractivity contribution in [3.05, 3.63) is 23.9 Å². The molecule has 0 saturated carbocycles. The molecular formula is C10H13N3OS. The second-order valence-corrected chi connectivity index (χ2v) is 3.81. The van der Waals surface area contributed by atoms with Gasteiger partial charge < -0.3 is 15.4 Å². The van der Waals surface area contributed by atoms with Crippen LogP contribution < -0.4 is 10.6 Å². The van der Waals surface area contributed by atoms with E-state index in [4.69, 9.17) is 22.7 Å². The maximum Gasteiger partial charge on any atom is 0.128 e. The van der Waals surface area contributed by atoms with Crippen molar-refractivity contribution >= 4 is 23.0 Å². The molecule has 2 rings (SSSR count). The topological polar surface area (TPSA) is 51.4 Å². The van der Waals surface area contributed by atoms with E-state index in [1.165, 1.54) is 0 Å². The van der Waals surface area contributed by atoms with Crippen molar-refractivity contribution in [2.24, 2.45) is 5.73 Å². The summed E-state index contributed by atoms with van der Waals surface area (Å²) in [7, 11) is 0. The van der Waals surface area contributed by atoms with Crippen LogP contribution in [-0.4, -0.2) is 36.3 Å². The van der Waals surface area contributed by atoms with Gasteiger partial charge in [-0.3, -0.25) is 0 Å². The molecule has 1 aromatic heterocycles. The molecular weight excluding hydrogens is 210 g/mol. The Bertz CT molecular complexity index is 346. The molecule has 2 N–H and O–H groups in total. The first kappa shape index (κ1) is 10.3. The number of hydrogen-bond donors (Lipinski definition) is 1. The average Bonchev–Trinajstić information content (AvgIpc) is 2.30. The molecule has 1 fully saturated rings. The third-order valence-corrected chi connectivity index (χ3v) is 2.60. The fourth-order valence-corrected chi connectivity index (χ4v) is 1.63. The molecule has 15 heavy (non-hydrogen) atoms. The molecule has 1 aliphatic rings. The Labute approximate surface area is 94.0 Å². The van der Waals surface area contributed by atoms with Gasteiger partial charge in [0, 0.05) is 24.8 Å². The van der Waals surface area contributed by atoms with E-state index in [2.05, 4.69) is 9.88 Å². The van der Waals surface area contributed by atoms with Crippen molar-refractivity contribution in [3.63, 3.8) is 0 Å². The highest BCUT2D eigenvalue weighted by Crippen LogP contribution is 2.12. The van der Waals surface area contributed by atoms with Gasteiger partial charge in [-0.15, -0.1) is 0 Å². The Morgan fingerprint density at radius 1 is 1.40 bits per heavy atom. The minimum Gasteiger partial charge on any atom is -0.389 e. The first-order valence-electron chi connectivity index (χ1n) is 4.86. The average molecular weight is 223 g/mol. The molecule has 1 aromatic rings. The molecule has 0 bridgehead atoms. The molecule has 1 saturated heterocycles. The van der Waals surface area contributed by atoms with Gasteiger partial charge in [-0.1, -0.05) is 12.2 Å². The van der Waals surface area contributed by atoms with Gasteiger partial charge in [0.2, 0.25) is 0 Å². The van der Waals surface area contributed by atoms with Crippen LogP contribution in [0.15, 0.2) is 18.3 Å². The van der Waals surface area contributed by atoms with E-state index in [9.17, 15) is 0 Å². The Balaban J connectivity index is 2.11. The van der Waals surface area contributed by atoms with Crippen LogP contribution in [0.4, 0.5) is 5.82 Å². The number of anilines is 1. The van der Waals surface area contributed by atoms with Gasteiger partial charge in [0.1, 0.15) is 10.8 Å². The van der Waals surface area contributed by atoms with Crippen molar-refractivity contribution in [3.8, 4) is 0 Å². The normalized spacial score (nSPS) is 16.4. The Morgan fingerprint density at radius 2 is 2.13 bits per heavy atom. The predicted octanol–water partition coefficient (Wildman–Crippen LogP) is 0.552. The fourth-order valence-electron chi connectivity index (χ4n) is 1.51. The SMILES string of the molecule is NC(=S)c1ccc(N2CCOCC2)nc1. The minimum atomic E-state index is 0.385. The minimum absolute atomic E-state index is 0.385. The summed E-state index contributed by atoms with van der Waals surface area (Å²) in [5.41, 5.74) is 6.31. The molecule has 0 aromatic carbocycles. The number of rotatable bonds is 2. The highest BCUT2D eigenvalue weighted by atomic mass is 32.1. The lowest BCUT2D eigenvalue weighted by atomic mass is 10.2. The number of aromatic nitrogens is 1. The summed E-state index contributed by atoms with van der Waals surface area (Å²) < 4.78 is 5.27. The molecule has 0 spiro atoms. The van der Waals surface area contributed by atoms with E-state index >= 15 is 0 Å². The van der Waals surface area contributed by atoms with Gasteiger partial charge in [-0.05, 0) is 12.1 Å². The Kier molecular flexibility index (Phi) is 3.13. The zero-order chi connectivity index (χ0) is 10.7. The second kappa shape index (κ2) is 4.55. The van der Waals surface area contributed by atoms with Gasteiger partial charge in [0.25, 0.3) is 0 Å². The second-order valence-electron chi connectivity index (χ2n) is 3.37. The molecule has 5 heteroatoms. The molecule has 80 valence electrons. The molecule has 0 aliphatic carbocycles. The molecule has 4 nitrogen and oxygen atoms in total. The predicted molar refractivity (Wildman–Crippen MR) is 63.2 cm³/mol. The Hall–Kier alpha value is -1.20. The maximum atomic E-state index is 5.50. The van der Waals surface area contributed by atoms with E-state index in [1.54, 1.807) is 6.20 Å². The third kappa shape index (κ3) is 2.43. The smallest absolute Gasteiger partial charge is 0.128 e. The lowest BCUT2D eigenvalue weighted by molar-refractivity contribution is 0.122. The van der Waals surface area contributed by atoms with Crippen molar-refractivity contribution < 1.29 is 4.74 Å². The summed E-state index contributed by atoms with van der Waals surface area (Å²) in [6.07, 6.45) is 1.72. The van der Waals surface area contributed by atoms with Crippen LogP contribution in [0.2, 0.25) is 0 Å². The van der Waals surface area contributed by atoms with Gasteiger partial charge in [0.05, 0.1) is 13.2 Å². The summed E-state index contributed by atoms with van der Waals surface area (Å²) in [5.74, 6) is 0.957. The van der Waals surface area contributed by atoms with Crippen LogP contribution in [0.5, 0.6) is 0 Å². The molecule has 0 amide bonds. The van der Waals surface area contributed by atoms with Crippen LogP contribution in [0.3, 0.4) is 0 Å². The number of ether oxygens (including phenoxy) is 1. The van der Waals surface area contributed by atoms with Crippen LogP contribution in [0.25, 0.3) is 0 Å². The largest absolute Gasteiger partial charge is 0.389 e.